The molecule has 5 heteroatoms. The number of nitrogens with zero attached hydrogens (tertiary/aromatic N) is 2. The quantitative estimate of drug-likeness (QED) is 0.849. The zero-order valence-electron chi connectivity index (χ0n) is 11.4. The molecular weight excluding hydrogens is 244 g/mol. The molecule has 1 N–H and O–H groups in total. The second-order valence-electron chi connectivity index (χ2n) is 5.66. The molecule has 5 nitrogen and oxygen atoms in total. The second-order valence-corrected chi connectivity index (χ2v) is 5.66. The predicted molar refractivity (Wildman–Crippen MR) is 70.4 cm³/mol. The van der Waals surface area contributed by atoms with E-state index in [0.717, 1.165) is 19.3 Å². The van der Waals surface area contributed by atoms with Crippen molar-refractivity contribution in [2.75, 3.05) is 0 Å². The number of carbonyl (C=O) groups excluding carboxylic acids is 1. The molecule has 104 valence electrons. The van der Waals surface area contributed by atoms with E-state index in [-0.39, 0.29) is 17.3 Å². The summed E-state index contributed by atoms with van der Waals surface area (Å²) >= 11 is 0. The Morgan fingerprint density at radius 1 is 1.53 bits per heavy atom. The number of aromatic nitrogens is 2. The van der Waals surface area contributed by atoms with Crippen LogP contribution in [0.5, 0.6) is 0 Å². The Morgan fingerprint density at radius 2 is 2.26 bits per heavy atom. The topological polar surface area (TPSA) is 72.2 Å². The summed E-state index contributed by atoms with van der Waals surface area (Å²) in [5.41, 5.74) is 0.0286. The van der Waals surface area contributed by atoms with Gasteiger partial charge >= 0.3 is 5.97 Å². The summed E-state index contributed by atoms with van der Waals surface area (Å²) < 4.78 is 1.68. The van der Waals surface area contributed by atoms with Gasteiger partial charge in [0.1, 0.15) is 0 Å². The number of rotatable bonds is 4. The zero-order valence-corrected chi connectivity index (χ0v) is 11.4. The molecule has 1 aromatic heterocycles. The first kappa shape index (κ1) is 13.8. The van der Waals surface area contributed by atoms with Crippen LogP contribution in [0.4, 0.5) is 0 Å². The van der Waals surface area contributed by atoms with Gasteiger partial charge in [-0.25, -0.2) is 4.79 Å². The minimum atomic E-state index is -1.14. The van der Waals surface area contributed by atoms with Crippen LogP contribution in [0.25, 0.3) is 0 Å². The van der Waals surface area contributed by atoms with E-state index >= 15 is 0 Å². The van der Waals surface area contributed by atoms with Gasteiger partial charge in [0.2, 0.25) is 0 Å². The van der Waals surface area contributed by atoms with Gasteiger partial charge in [0.15, 0.2) is 12.0 Å². The maximum Gasteiger partial charge on any atom is 0.357 e. The number of carboxylic acid groups (broad SMARTS) is 1. The third kappa shape index (κ3) is 2.85. The molecular formula is C14H20N2O3. The number of carbonyl (C=O) groups is 2. The largest absolute Gasteiger partial charge is 0.476 e. The van der Waals surface area contributed by atoms with Crippen LogP contribution in [0, 0.1) is 11.8 Å². The fourth-order valence-corrected chi connectivity index (χ4v) is 2.89. The molecule has 2 atom stereocenters. The predicted octanol–water partition coefficient (Wildman–Crippen LogP) is 2.78. The highest BCUT2D eigenvalue weighted by atomic mass is 16.4. The van der Waals surface area contributed by atoms with Gasteiger partial charge in [-0.2, -0.15) is 5.10 Å². The van der Waals surface area contributed by atoms with E-state index in [4.69, 9.17) is 5.11 Å². The number of hydrogen-bond acceptors (Lipinski definition) is 3. The number of hydrogen-bond donors (Lipinski definition) is 1. The molecule has 1 heterocycles. The maximum atomic E-state index is 11.0. The van der Waals surface area contributed by atoms with Crippen LogP contribution in [-0.4, -0.2) is 27.1 Å². The molecule has 1 aromatic rings. The molecule has 1 saturated carbocycles. The van der Waals surface area contributed by atoms with Crippen molar-refractivity contribution in [2.24, 2.45) is 11.8 Å². The molecule has 0 spiro atoms. The van der Waals surface area contributed by atoms with E-state index in [1.807, 2.05) is 0 Å². The van der Waals surface area contributed by atoms with Crippen molar-refractivity contribution >= 4 is 12.3 Å². The Hall–Kier alpha value is -1.65. The Morgan fingerprint density at radius 3 is 2.79 bits per heavy atom. The first-order valence-electron chi connectivity index (χ1n) is 6.80. The van der Waals surface area contributed by atoms with E-state index in [2.05, 4.69) is 18.9 Å². The highest BCUT2D eigenvalue weighted by Crippen LogP contribution is 2.36. The molecule has 1 aliphatic carbocycles. The van der Waals surface area contributed by atoms with E-state index in [0.29, 0.717) is 18.1 Å². The van der Waals surface area contributed by atoms with Crippen molar-refractivity contribution in [2.45, 2.75) is 45.6 Å². The zero-order chi connectivity index (χ0) is 14.0. The summed E-state index contributed by atoms with van der Waals surface area (Å²) in [7, 11) is 0. The van der Waals surface area contributed by atoms with E-state index in [1.165, 1.54) is 6.42 Å². The number of aromatic carboxylic acids is 1. The van der Waals surface area contributed by atoms with Crippen LogP contribution < -0.4 is 0 Å². The van der Waals surface area contributed by atoms with Crippen LogP contribution in [0.1, 0.15) is 66.4 Å². The van der Waals surface area contributed by atoms with Gasteiger partial charge in [-0.05, 0) is 24.7 Å². The molecule has 0 radical (unpaired) electrons. The standard InChI is InChI=1S/C14H20N2O3/c1-9(2)10-4-3-5-12(6-10)16-7-11(8-17)13(15-16)14(18)19/h7-10,12H,3-6H2,1-2H3,(H,18,19). The lowest BCUT2D eigenvalue weighted by Gasteiger charge is -2.31. The monoisotopic (exact) mass is 264 g/mol. The van der Waals surface area contributed by atoms with Gasteiger partial charge in [-0.15, -0.1) is 0 Å². The van der Waals surface area contributed by atoms with Gasteiger partial charge in [-0.1, -0.05) is 26.7 Å². The number of aldehydes is 1. The lowest BCUT2D eigenvalue weighted by molar-refractivity contribution is 0.0685. The summed E-state index contributed by atoms with van der Waals surface area (Å²) in [6, 6.07) is 0.216. The third-order valence-electron chi connectivity index (χ3n) is 4.09. The van der Waals surface area contributed by atoms with Crippen molar-refractivity contribution in [3.63, 3.8) is 0 Å². The Labute approximate surface area is 112 Å². The summed E-state index contributed by atoms with van der Waals surface area (Å²) in [5.74, 6) is 0.135. The lowest BCUT2D eigenvalue weighted by atomic mass is 9.79. The molecule has 2 unspecified atom stereocenters. The van der Waals surface area contributed by atoms with Crippen LogP contribution in [0.15, 0.2) is 6.20 Å². The van der Waals surface area contributed by atoms with Crippen molar-refractivity contribution < 1.29 is 14.7 Å². The molecule has 0 aromatic carbocycles. The highest BCUT2D eigenvalue weighted by molar-refractivity contribution is 5.95. The average Bonchev–Trinajstić information content (AvgIpc) is 2.83. The number of carboxylic acids is 1. The normalized spacial score (nSPS) is 23.5. The fourth-order valence-electron chi connectivity index (χ4n) is 2.89. The van der Waals surface area contributed by atoms with Crippen LogP contribution >= 0.6 is 0 Å². The molecule has 0 bridgehead atoms. The van der Waals surface area contributed by atoms with Crippen molar-refractivity contribution in [3.05, 3.63) is 17.5 Å². The lowest BCUT2D eigenvalue weighted by Crippen LogP contribution is -2.23. The first-order chi connectivity index (χ1) is 9.02. The maximum absolute atomic E-state index is 11.0. The van der Waals surface area contributed by atoms with Gasteiger partial charge in [0.05, 0.1) is 11.6 Å². The summed E-state index contributed by atoms with van der Waals surface area (Å²) in [4.78, 5) is 21.9. The molecule has 0 aliphatic heterocycles. The van der Waals surface area contributed by atoms with Gasteiger partial charge in [0.25, 0.3) is 0 Å². The minimum absolute atomic E-state index is 0.137. The molecule has 19 heavy (non-hydrogen) atoms. The Kier molecular flexibility index (Phi) is 4.02. The summed E-state index contributed by atoms with van der Waals surface area (Å²) in [6.45, 7) is 4.44. The van der Waals surface area contributed by atoms with Gasteiger partial charge in [0, 0.05) is 6.20 Å². The average molecular weight is 264 g/mol. The molecule has 2 rings (SSSR count). The Balaban J connectivity index is 2.22. The van der Waals surface area contributed by atoms with E-state index in [9.17, 15) is 9.59 Å². The molecule has 0 amide bonds. The van der Waals surface area contributed by atoms with Gasteiger partial charge < -0.3 is 5.11 Å². The van der Waals surface area contributed by atoms with Crippen molar-refractivity contribution in [3.8, 4) is 0 Å². The van der Waals surface area contributed by atoms with Crippen LogP contribution in [0.3, 0.4) is 0 Å². The van der Waals surface area contributed by atoms with E-state index in [1.54, 1.807) is 10.9 Å². The van der Waals surface area contributed by atoms with E-state index < -0.39 is 5.97 Å². The van der Waals surface area contributed by atoms with Crippen LogP contribution in [0.2, 0.25) is 0 Å². The summed E-state index contributed by atoms with van der Waals surface area (Å²) in [5, 5.41) is 13.1. The van der Waals surface area contributed by atoms with Gasteiger partial charge in [-0.3, -0.25) is 9.48 Å². The smallest absolute Gasteiger partial charge is 0.357 e. The first-order valence-corrected chi connectivity index (χ1v) is 6.80. The van der Waals surface area contributed by atoms with Crippen molar-refractivity contribution in [1.82, 2.24) is 9.78 Å². The van der Waals surface area contributed by atoms with Crippen molar-refractivity contribution in [1.29, 1.82) is 0 Å². The SMILES string of the molecule is CC(C)C1CCCC(n2cc(C=O)c(C(=O)O)n2)C1. The fraction of sp³-hybridized carbons (Fsp3) is 0.643. The molecule has 0 saturated heterocycles. The minimum Gasteiger partial charge on any atom is -0.476 e. The molecule has 1 aliphatic rings. The third-order valence-corrected chi connectivity index (χ3v) is 4.09. The highest BCUT2D eigenvalue weighted by Gasteiger charge is 2.27. The Bertz CT molecular complexity index is 479. The molecule has 1 fully saturated rings. The summed E-state index contributed by atoms with van der Waals surface area (Å²) in [6.07, 6.45) is 6.51. The van der Waals surface area contributed by atoms with Crippen LogP contribution in [-0.2, 0) is 0 Å². The second kappa shape index (κ2) is 5.55.